The van der Waals surface area contributed by atoms with Gasteiger partial charge in [-0.05, 0) is 83.5 Å². The number of nitrogens with zero attached hydrogens (tertiary/aromatic N) is 1. The van der Waals surface area contributed by atoms with Crippen LogP contribution in [0.2, 0.25) is 5.02 Å². The van der Waals surface area contributed by atoms with Gasteiger partial charge in [-0.3, -0.25) is 9.69 Å². The van der Waals surface area contributed by atoms with Crippen LogP contribution in [0.1, 0.15) is 47.1 Å². The molecule has 0 bridgehead atoms. The highest BCUT2D eigenvalue weighted by Gasteiger charge is 2.57. The number of carbonyl (C=O) groups is 2. The van der Waals surface area contributed by atoms with Gasteiger partial charge in [0.25, 0.3) is 5.91 Å². The molecule has 0 saturated carbocycles. The van der Waals surface area contributed by atoms with Gasteiger partial charge in [0.15, 0.2) is 0 Å². The smallest absolute Gasteiger partial charge is 0.413 e. The maximum atomic E-state index is 13.5. The number of hydrogen-bond donors (Lipinski definition) is 1. The molecule has 7 nitrogen and oxygen atoms in total. The third-order valence-corrected chi connectivity index (χ3v) is 7.57. The van der Waals surface area contributed by atoms with E-state index in [1.807, 2.05) is 60.7 Å². The summed E-state index contributed by atoms with van der Waals surface area (Å²) in [6, 6.07) is 23.3. The lowest BCUT2D eigenvalue weighted by Gasteiger charge is -2.39. The van der Waals surface area contributed by atoms with Gasteiger partial charge in [-0.1, -0.05) is 59.8 Å². The highest BCUT2D eigenvalue weighted by atomic mass is 35.5. The highest BCUT2D eigenvalue weighted by Crippen LogP contribution is 2.39. The fourth-order valence-electron chi connectivity index (χ4n) is 4.36. The highest BCUT2D eigenvalue weighted by molar-refractivity contribution is 7.99. The predicted molar refractivity (Wildman–Crippen MR) is 158 cm³/mol. The lowest BCUT2D eigenvalue weighted by molar-refractivity contribution is -0.127. The van der Waals surface area contributed by atoms with Crippen LogP contribution in [0.5, 0.6) is 5.75 Å². The van der Waals surface area contributed by atoms with Gasteiger partial charge in [0.05, 0.1) is 17.3 Å². The normalized spacial score (nSPS) is 18.3. The number of halogens is 1. The Balaban J connectivity index is 1.44. The van der Waals surface area contributed by atoms with Crippen LogP contribution >= 0.6 is 23.4 Å². The van der Waals surface area contributed by atoms with E-state index in [0.717, 1.165) is 21.1 Å². The van der Waals surface area contributed by atoms with Gasteiger partial charge in [0.1, 0.15) is 29.2 Å². The summed E-state index contributed by atoms with van der Waals surface area (Å²) in [6.07, 6.45) is -0.625. The van der Waals surface area contributed by atoms with Gasteiger partial charge in [-0.2, -0.15) is 0 Å². The molecule has 1 saturated heterocycles. The van der Waals surface area contributed by atoms with E-state index in [0.29, 0.717) is 17.3 Å². The van der Waals surface area contributed by atoms with Crippen LogP contribution in [0.25, 0.3) is 0 Å². The Bertz CT molecular complexity index is 1380. The number of nitrogens with one attached hydrogen (secondary N) is 1. The molecule has 3 aromatic rings. The molecular formula is C31H35ClN2O5S. The van der Waals surface area contributed by atoms with E-state index in [-0.39, 0.29) is 6.61 Å². The molecule has 0 aliphatic carbocycles. The molecule has 0 radical (unpaired) electrons. The molecule has 212 valence electrons. The van der Waals surface area contributed by atoms with Crippen molar-refractivity contribution in [1.29, 1.82) is 0 Å². The first-order valence-electron chi connectivity index (χ1n) is 13.0. The van der Waals surface area contributed by atoms with Crippen LogP contribution in [0.15, 0.2) is 82.6 Å². The largest absolute Gasteiger partial charge is 0.489 e. The van der Waals surface area contributed by atoms with Crippen molar-refractivity contribution in [2.24, 2.45) is 0 Å². The number of amides is 2. The summed E-state index contributed by atoms with van der Waals surface area (Å²) < 4.78 is 17.4. The van der Waals surface area contributed by atoms with Crippen molar-refractivity contribution in [2.75, 3.05) is 11.9 Å². The van der Waals surface area contributed by atoms with E-state index >= 15 is 0 Å². The van der Waals surface area contributed by atoms with Gasteiger partial charge in [0.2, 0.25) is 0 Å². The molecule has 1 heterocycles. The molecule has 4 rings (SSSR count). The number of benzene rings is 3. The molecule has 9 heteroatoms. The van der Waals surface area contributed by atoms with Crippen molar-refractivity contribution >= 4 is 41.1 Å². The number of hydrogen-bond acceptors (Lipinski definition) is 6. The average molecular weight is 583 g/mol. The van der Waals surface area contributed by atoms with Gasteiger partial charge < -0.3 is 19.5 Å². The second-order valence-corrected chi connectivity index (χ2v) is 12.8. The molecule has 1 fully saturated rings. The molecule has 2 amide bonds. The summed E-state index contributed by atoms with van der Waals surface area (Å²) >= 11 is 8.13. The van der Waals surface area contributed by atoms with Crippen molar-refractivity contribution in [3.8, 4) is 5.75 Å². The Hall–Kier alpha value is -3.20. The molecule has 1 unspecified atom stereocenters. The minimum atomic E-state index is -1.30. The second kappa shape index (κ2) is 11.7. The van der Waals surface area contributed by atoms with Crippen LogP contribution in [0.3, 0.4) is 0 Å². The molecule has 0 aromatic heterocycles. The summed E-state index contributed by atoms with van der Waals surface area (Å²) in [5.41, 5.74) is -1.52. The Morgan fingerprint density at radius 2 is 1.70 bits per heavy atom. The van der Waals surface area contributed by atoms with Crippen molar-refractivity contribution in [2.45, 2.75) is 74.8 Å². The van der Waals surface area contributed by atoms with E-state index < -0.39 is 28.9 Å². The minimum absolute atomic E-state index is 0.0132. The molecule has 3 aromatic carbocycles. The Morgan fingerprint density at radius 1 is 1.00 bits per heavy atom. The van der Waals surface area contributed by atoms with E-state index in [1.165, 1.54) is 16.7 Å². The maximum Gasteiger partial charge on any atom is 0.413 e. The van der Waals surface area contributed by atoms with Crippen molar-refractivity contribution in [3.63, 3.8) is 0 Å². The maximum absolute atomic E-state index is 13.5. The molecule has 1 aliphatic rings. The van der Waals surface area contributed by atoms with Crippen LogP contribution in [0, 0.1) is 0 Å². The summed E-state index contributed by atoms with van der Waals surface area (Å²) in [5, 5.41) is 3.26. The number of anilines is 1. The average Bonchev–Trinajstić information content (AvgIpc) is 3.14. The van der Waals surface area contributed by atoms with E-state index in [4.69, 9.17) is 25.8 Å². The molecule has 1 N–H and O–H groups in total. The first-order valence-corrected chi connectivity index (χ1v) is 14.2. The fraction of sp³-hybridized carbons (Fsp3) is 0.355. The second-order valence-electron chi connectivity index (χ2n) is 11.3. The Morgan fingerprint density at radius 3 is 2.38 bits per heavy atom. The zero-order valence-corrected chi connectivity index (χ0v) is 25.2. The van der Waals surface area contributed by atoms with Crippen LogP contribution < -0.4 is 10.1 Å². The van der Waals surface area contributed by atoms with Crippen LogP contribution in [-0.4, -0.2) is 40.4 Å². The molecule has 0 spiro atoms. The molecule has 1 aliphatic heterocycles. The zero-order valence-electron chi connectivity index (χ0n) is 23.6. The van der Waals surface area contributed by atoms with Crippen LogP contribution in [0.4, 0.5) is 10.5 Å². The molecular weight excluding hydrogens is 548 g/mol. The van der Waals surface area contributed by atoms with Crippen molar-refractivity contribution < 1.29 is 23.8 Å². The van der Waals surface area contributed by atoms with Crippen LogP contribution in [-0.2, 0) is 20.9 Å². The SMILES string of the molecule is CC(C)(C)OC(=O)N1C(C)(C)OCC1(C)C(=O)Nc1ccc(Sc2cccc(OCc3ccccc3)c2)cc1Cl. The summed E-state index contributed by atoms with van der Waals surface area (Å²) in [7, 11) is 0. The van der Waals surface area contributed by atoms with Gasteiger partial charge >= 0.3 is 6.09 Å². The van der Waals surface area contributed by atoms with Crippen molar-refractivity contribution in [3.05, 3.63) is 83.4 Å². The lowest BCUT2D eigenvalue weighted by atomic mass is 9.99. The number of ether oxygens (including phenoxy) is 3. The quantitative estimate of drug-likeness (QED) is 0.307. The van der Waals surface area contributed by atoms with E-state index in [2.05, 4.69) is 5.32 Å². The number of carbonyl (C=O) groups excluding carboxylic acids is 2. The summed E-state index contributed by atoms with van der Waals surface area (Å²) in [5.74, 6) is 0.350. The lowest BCUT2D eigenvalue weighted by Crippen LogP contribution is -2.60. The standard InChI is InChI=1S/C31H35ClN2O5S/c1-29(2,3)39-28(36)34-30(4,5)38-20-31(34,6)27(35)33-26-16-15-24(18-25(26)32)40-23-14-10-13-22(17-23)37-19-21-11-8-7-9-12-21/h7-18H,19-20H2,1-6H3,(H,33,35). The first-order chi connectivity index (χ1) is 18.8. The third-order valence-electron chi connectivity index (χ3n) is 6.28. The van der Waals surface area contributed by atoms with Crippen molar-refractivity contribution in [1.82, 2.24) is 4.90 Å². The molecule has 40 heavy (non-hydrogen) atoms. The number of rotatable bonds is 7. The summed E-state index contributed by atoms with van der Waals surface area (Å²) in [4.78, 5) is 29.8. The molecule has 1 atom stereocenters. The minimum Gasteiger partial charge on any atom is -0.489 e. The Labute approximate surface area is 245 Å². The predicted octanol–water partition coefficient (Wildman–Crippen LogP) is 7.77. The van der Waals surface area contributed by atoms with E-state index in [9.17, 15) is 9.59 Å². The van der Waals surface area contributed by atoms with Gasteiger partial charge in [-0.25, -0.2) is 4.79 Å². The summed E-state index contributed by atoms with van der Waals surface area (Å²) in [6.45, 7) is 11.0. The van der Waals surface area contributed by atoms with E-state index in [1.54, 1.807) is 53.7 Å². The topological polar surface area (TPSA) is 77.1 Å². The first kappa shape index (κ1) is 29.8. The third kappa shape index (κ3) is 7.11. The zero-order chi connectivity index (χ0) is 29.1. The van der Waals surface area contributed by atoms with Gasteiger partial charge in [0, 0.05) is 9.79 Å². The monoisotopic (exact) mass is 582 g/mol. The Kier molecular flexibility index (Phi) is 8.73. The fourth-order valence-corrected chi connectivity index (χ4v) is 5.56. The van der Waals surface area contributed by atoms with Gasteiger partial charge in [-0.15, -0.1) is 0 Å².